The molecule has 27 heavy (non-hydrogen) atoms. The Labute approximate surface area is 169 Å². The Kier molecular flexibility index (Phi) is 7.66. The van der Waals surface area contributed by atoms with Crippen LogP contribution < -0.4 is 15.5 Å². The van der Waals surface area contributed by atoms with Crippen molar-refractivity contribution in [2.75, 3.05) is 25.5 Å². The summed E-state index contributed by atoms with van der Waals surface area (Å²) >= 11 is 12.1. The molecule has 1 atom stereocenters. The van der Waals surface area contributed by atoms with Crippen molar-refractivity contribution in [3.05, 3.63) is 63.1 Å². The van der Waals surface area contributed by atoms with E-state index in [-0.39, 0.29) is 24.9 Å². The van der Waals surface area contributed by atoms with Crippen LogP contribution in [0.3, 0.4) is 0 Å². The van der Waals surface area contributed by atoms with Crippen molar-refractivity contribution in [1.29, 1.82) is 0 Å². The van der Waals surface area contributed by atoms with Gasteiger partial charge in [0.15, 0.2) is 6.54 Å². The fraction of sp³-hybridized carbons (Fsp3) is 0.300. The molecule has 0 bridgehead atoms. The lowest BCUT2D eigenvalue weighted by molar-refractivity contribution is -0.885. The van der Waals surface area contributed by atoms with Gasteiger partial charge in [0.25, 0.3) is 5.91 Å². The van der Waals surface area contributed by atoms with Gasteiger partial charge in [0.1, 0.15) is 6.54 Å². The molecule has 144 valence electrons. The molecule has 7 heteroatoms. The molecule has 5 nitrogen and oxygen atoms in total. The van der Waals surface area contributed by atoms with Crippen LogP contribution >= 0.6 is 23.2 Å². The summed E-state index contributed by atoms with van der Waals surface area (Å²) in [4.78, 5) is 25.2. The van der Waals surface area contributed by atoms with Crippen molar-refractivity contribution in [2.45, 2.75) is 20.4 Å². The molecule has 0 saturated carbocycles. The highest BCUT2D eigenvalue weighted by Gasteiger charge is 2.14. The summed E-state index contributed by atoms with van der Waals surface area (Å²) in [5.41, 5.74) is 3.67. The highest BCUT2D eigenvalue weighted by atomic mass is 35.5. The largest absolute Gasteiger partial charge is 0.342 e. The van der Waals surface area contributed by atoms with Crippen LogP contribution in [0.4, 0.5) is 5.69 Å². The summed E-state index contributed by atoms with van der Waals surface area (Å²) in [5, 5.41) is 6.66. The molecule has 3 N–H and O–H groups in total. The summed E-state index contributed by atoms with van der Waals surface area (Å²) in [7, 11) is 1.89. The van der Waals surface area contributed by atoms with E-state index in [1.165, 1.54) is 0 Å². The van der Waals surface area contributed by atoms with Gasteiger partial charge in [0.2, 0.25) is 5.91 Å². The van der Waals surface area contributed by atoms with E-state index in [1.807, 2.05) is 45.2 Å². The second kappa shape index (κ2) is 9.74. The van der Waals surface area contributed by atoms with E-state index in [1.54, 1.807) is 12.1 Å². The van der Waals surface area contributed by atoms with Crippen LogP contribution in [0.2, 0.25) is 10.0 Å². The smallest absolute Gasteiger partial charge is 0.275 e. The Morgan fingerprint density at radius 3 is 2.33 bits per heavy atom. The summed E-state index contributed by atoms with van der Waals surface area (Å²) < 4.78 is 0. The summed E-state index contributed by atoms with van der Waals surface area (Å²) in [6, 6.07) is 11.1. The van der Waals surface area contributed by atoms with Crippen molar-refractivity contribution in [2.24, 2.45) is 0 Å². The third-order valence-corrected chi connectivity index (χ3v) is 4.75. The van der Waals surface area contributed by atoms with Gasteiger partial charge in [0.05, 0.1) is 18.6 Å². The van der Waals surface area contributed by atoms with Gasteiger partial charge in [-0.15, -0.1) is 0 Å². The zero-order chi connectivity index (χ0) is 20.0. The van der Waals surface area contributed by atoms with E-state index in [4.69, 9.17) is 23.2 Å². The minimum absolute atomic E-state index is 0.0679. The maximum atomic E-state index is 12.1. The third kappa shape index (κ3) is 6.54. The number of para-hydroxylation sites is 1. The molecule has 0 radical (unpaired) electrons. The molecule has 2 rings (SSSR count). The first-order valence-corrected chi connectivity index (χ1v) is 9.40. The number of halogens is 2. The summed E-state index contributed by atoms with van der Waals surface area (Å²) in [6.45, 7) is 4.61. The second-order valence-electron chi connectivity index (χ2n) is 6.64. The minimum Gasteiger partial charge on any atom is -0.342 e. The molecule has 2 aromatic rings. The third-order valence-electron chi connectivity index (χ3n) is 4.16. The van der Waals surface area contributed by atoms with Crippen LogP contribution in [0.5, 0.6) is 0 Å². The average Bonchev–Trinajstić information content (AvgIpc) is 2.59. The Bertz CT molecular complexity index is 820. The van der Waals surface area contributed by atoms with Gasteiger partial charge in [-0.2, -0.15) is 0 Å². The number of hydrogen-bond donors (Lipinski definition) is 3. The van der Waals surface area contributed by atoms with Crippen LogP contribution in [0.25, 0.3) is 0 Å². The number of anilines is 1. The van der Waals surface area contributed by atoms with E-state index in [0.717, 1.165) is 27.3 Å². The molecule has 2 aromatic carbocycles. The normalized spacial score (nSPS) is 11.7. The Hall–Kier alpha value is -2.08. The molecule has 0 aliphatic heterocycles. The van der Waals surface area contributed by atoms with Crippen molar-refractivity contribution in [3.63, 3.8) is 0 Å². The van der Waals surface area contributed by atoms with E-state index >= 15 is 0 Å². The van der Waals surface area contributed by atoms with E-state index in [9.17, 15) is 9.59 Å². The monoisotopic (exact) mass is 408 g/mol. The predicted octanol–water partition coefficient (Wildman–Crippen LogP) is 2.38. The Morgan fingerprint density at radius 2 is 1.70 bits per heavy atom. The quantitative estimate of drug-likeness (QED) is 0.658. The molecule has 0 spiro atoms. The lowest BCUT2D eigenvalue weighted by Crippen LogP contribution is -3.08. The van der Waals surface area contributed by atoms with Gasteiger partial charge >= 0.3 is 0 Å². The standard InChI is InChI=1S/C20H23Cl2N3O2/c1-13-5-4-6-14(2)20(13)24-18(26)10-23-19(27)12-25(3)11-15-7-8-16(21)9-17(15)22/h4-9H,10-12H2,1-3H3,(H,23,27)(H,24,26)/p+1. The zero-order valence-corrected chi connectivity index (χ0v) is 17.2. The lowest BCUT2D eigenvalue weighted by atomic mass is 10.1. The molecule has 0 aliphatic carbocycles. The van der Waals surface area contributed by atoms with Crippen molar-refractivity contribution < 1.29 is 14.5 Å². The van der Waals surface area contributed by atoms with Gasteiger partial charge in [-0.3, -0.25) is 9.59 Å². The SMILES string of the molecule is Cc1cccc(C)c1NC(=O)CNC(=O)C[NH+](C)Cc1ccc(Cl)cc1Cl. The van der Waals surface area contributed by atoms with E-state index < -0.39 is 0 Å². The fourth-order valence-corrected chi connectivity index (χ4v) is 3.24. The molecule has 0 fully saturated rings. The van der Waals surface area contributed by atoms with E-state index in [2.05, 4.69) is 10.6 Å². The van der Waals surface area contributed by atoms with Crippen molar-refractivity contribution in [3.8, 4) is 0 Å². The zero-order valence-electron chi connectivity index (χ0n) is 15.7. The number of likely N-dealkylation sites (N-methyl/N-ethyl adjacent to an activating group) is 1. The number of hydrogen-bond acceptors (Lipinski definition) is 2. The summed E-state index contributed by atoms with van der Waals surface area (Å²) in [5.74, 6) is -0.451. The van der Waals surface area contributed by atoms with Crippen molar-refractivity contribution >= 4 is 40.7 Å². The first-order chi connectivity index (χ1) is 12.8. The first kappa shape index (κ1) is 21.2. The number of carbonyl (C=O) groups is 2. The minimum atomic E-state index is -0.251. The molecular weight excluding hydrogens is 385 g/mol. The van der Waals surface area contributed by atoms with E-state index in [0.29, 0.717) is 16.6 Å². The number of quaternary nitrogens is 1. The number of rotatable bonds is 7. The van der Waals surface area contributed by atoms with Gasteiger partial charge in [0, 0.05) is 16.3 Å². The topological polar surface area (TPSA) is 62.6 Å². The van der Waals surface area contributed by atoms with Gasteiger partial charge in [-0.25, -0.2) is 0 Å². The van der Waals surface area contributed by atoms with Crippen LogP contribution in [0.1, 0.15) is 16.7 Å². The summed E-state index contributed by atoms with van der Waals surface area (Å²) in [6.07, 6.45) is 0. The Morgan fingerprint density at radius 1 is 1.04 bits per heavy atom. The number of amides is 2. The van der Waals surface area contributed by atoms with Crippen LogP contribution in [-0.4, -0.2) is 32.0 Å². The molecule has 0 aromatic heterocycles. The molecule has 0 aliphatic rings. The highest BCUT2D eigenvalue weighted by Crippen LogP contribution is 2.20. The Balaban J connectivity index is 1.80. The second-order valence-corrected chi connectivity index (χ2v) is 7.48. The van der Waals surface area contributed by atoms with Crippen LogP contribution in [0, 0.1) is 13.8 Å². The molecule has 0 heterocycles. The predicted molar refractivity (Wildman–Crippen MR) is 109 cm³/mol. The van der Waals surface area contributed by atoms with Crippen molar-refractivity contribution in [1.82, 2.24) is 5.32 Å². The van der Waals surface area contributed by atoms with Gasteiger partial charge < -0.3 is 15.5 Å². The fourth-order valence-electron chi connectivity index (χ4n) is 2.76. The molecular formula is C20H24Cl2N3O2+. The van der Waals surface area contributed by atoms with Crippen LogP contribution in [0.15, 0.2) is 36.4 Å². The van der Waals surface area contributed by atoms with Crippen LogP contribution in [-0.2, 0) is 16.1 Å². The molecule has 1 unspecified atom stereocenters. The number of nitrogens with one attached hydrogen (secondary N) is 3. The number of carbonyl (C=O) groups excluding carboxylic acids is 2. The van der Waals surface area contributed by atoms with Gasteiger partial charge in [-0.05, 0) is 37.1 Å². The van der Waals surface area contributed by atoms with Gasteiger partial charge in [-0.1, -0.05) is 47.5 Å². The average molecular weight is 409 g/mol. The number of aryl methyl sites for hydroxylation is 2. The molecule has 0 saturated heterocycles. The first-order valence-electron chi connectivity index (χ1n) is 8.64. The highest BCUT2D eigenvalue weighted by molar-refractivity contribution is 6.35. The maximum absolute atomic E-state index is 12.1. The molecule has 2 amide bonds. The number of benzene rings is 2. The maximum Gasteiger partial charge on any atom is 0.275 e. The lowest BCUT2D eigenvalue weighted by Gasteiger charge is -2.15.